The molecule has 3 N–H and O–H groups in total. The predicted octanol–water partition coefficient (Wildman–Crippen LogP) is 4.04. The van der Waals surface area contributed by atoms with E-state index in [9.17, 15) is 23.1 Å². The number of aliphatic imine (C=N–C) groups is 1. The molecular weight excluding hydrogens is 586 g/mol. The normalized spacial score (nSPS) is 15.9. The summed E-state index contributed by atoms with van der Waals surface area (Å²) in [6.45, 7) is 7.37. The lowest BCUT2D eigenvalue weighted by Gasteiger charge is -2.22. The van der Waals surface area contributed by atoms with E-state index in [0.717, 1.165) is 6.07 Å². The van der Waals surface area contributed by atoms with Crippen LogP contribution in [0.15, 0.2) is 41.7 Å². The first-order valence-corrected chi connectivity index (χ1v) is 12.1. The molecule has 2 heterocycles. The van der Waals surface area contributed by atoms with Crippen LogP contribution in [0, 0.1) is 17.8 Å². The van der Waals surface area contributed by atoms with Crippen LogP contribution >= 0.6 is 22.6 Å². The molecule has 1 aromatic carbocycles. The van der Waals surface area contributed by atoms with Crippen LogP contribution in [0.2, 0.25) is 0 Å². The minimum Gasteiger partial charge on any atom is -0.370 e. The number of hydrogen-bond acceptors (Lipinski definition) is 6. The lowest BCUT2D eigenvalue weighted by molar-refractivity contribution is -0.137. The van der Waals surface area contributed by atoms with Gasteiger partial charge in [0.25, 0.3) is 0 Å². The van der Waals surface area contributed by atoms with Gasteiger partial charge in [-0.2, -0.15) is 13.2 Å². The van der Waals surface area contributed by atoms with E-state index >= 15 is 0 Å². The quantitative estimate of drug-likeness (QED) is 0.270. The number of rotatable bonds is 5. The highest BCUT2D eigenvalue weighted by Crippen LogP contribution is 2.33. The maximum atomic E-state index is 13.8. The molecule has 1 unspecified atom stereocenters. The minimum atomic E-state index is -4.67. The molecule has 11 heteroatoms. The second kappa shape index (κ2) is 11.0. The summed E-state index contributed by atoms with van der Waals surface area (Å²) in [6.07, 6.45) is -1.81. The van der Waals surface area contributed by atoms with Crippen molar-refractivity contribution >= 4 is 40.0 Å². The number of amidine groups is 1. The number of carbonyl (C=O) groups is 1. The Labute approximate surface area is 220 Å². The third-order valence-electron chi connectivity index (χ3n) is 4.87. The Morgan fingerprint density at radius 1 is 1.25 bits per heavy atom. The van der Waals surface area contributed by atoms with Crippen LogP contribution < -0.4 is 10.6 Å². The molecule has 0 bridgehead atoms. The molecule has 0 spiro atoms. The Hall–Kier alpha value is -2.98. The lowest BCUT2D eigenvalue weighted by Crippen LogP contribution is -2.38. The summed E-state index contributed by atoms with van der Waals surface area (Å²) >= 11 is 2.19. The van der Waals surface area contributed by atoms with Crippen LogP contribution in [0.4, 0.5) is 13.2 Å². The molecule has 190 valence electrons. The number of alkyl halides is 4. The van der Waals surface area contributed by atoms with Crippen molar-refractivity contribution in [3.63, 3.8) is 0 Å². The Morgan fingerprint density at radius 2 is 1.97 bits per heavy atom. The number of hydrogen-bond donors (Lipinski definition) is 3. The predicted molar refractivity (Wildman–Crippen MR) is 139 cm³/mol. The summed E-state index contributed by atoms with van der Waals surface area (Å²) in [4.78, 5) is 24.7. The van der Waals surface area contributed by atoms with E-state index in [1.54, 1.807) is 13.8 Å². The van der Waals surface area contributed by atoms with Crippen LogP contribution in [0.1, 0.15) is 55.8 Å². The monoisotopic (exact) mass is 611 g/mol. The number of nitrogens with zero attached hydrogens (tertiary/aromatic N) is 3. The zero-order valence-electron chi connectivity index (χ0n) is 20.0. The van der Waals surface area contributed by atoms with Crippen LogP contribution in [0.5, 0.6) is 0 Å². The van der Waals surface area contributed by atoms with E-state index < -0.39 is 18.0 Å². The van der Waals surface area contributed by atoms with Gasteiger partial charge in [0.15, 0.2) is 0 Å². The van der Waals surface area contributed by atoms with Crippen molar-refractivity contribution in [1.82, 2.24) is 20.6 Å². The van der Waals surface area contributed by atoms with Gasteiger partial charge in [0.05, 0.1) is 27.1 Å². The molecule has 0 saturated heterocycles. The van der Waals surface area contributed by atoms with Crippen molar-refractivity contribution in [2.45, 2.75) is 50.1 Å². The molecule has 1 aliphatic rings. The SMILES string of the molecule is CC(C)C(=O)NCc1ccc(C(F)(F)F)c(C2=NC(c3cnc(C#CC(C)(C)I)cn3)=CC(O)N2)c1. The molecule has 7 nitrogen and oxygen atoms in total. The number of halogens is 4. The minimum absolute atomic E-state index is 0.0443. The Balaban J connectivity index is 1.97. The molecule has 0 aliphatic carbocycles. The third kappa shape index (κ3) is 7.51. The summed E-state index contributed by atoms with van der Waals surface area (Å²) in [7, 11) is 0. The van der Waals surface area contributed by atoms with E-state index in [0.29, 0.717) is 11.3 Å². The Kier molecular flexibility index (Phi) is 8.40. The van der Waals surface area contributed by atoms with E-state index in [-0.39, 0.29) is 44.6 Å². The van der Waals surface area contributed by atoms with E-state index in [1.807, 2.05) is 13.8 Å². The van der Waals surface area contributed by atoms with Gasteiger partial charge in [-0.3, -0.25) is 9.78 Å². The summed E-state index contributed by atoms with van der Waals surface area (Å²) in [5.74, 6) is 5.27. The summed E-state index contributed by atoms with van der Waals surface area (Å²) in [5.41, 5.74) is 0.106. The molecule has 1 amide bonds. The number of aromatic nitrogens is 2. The van der Waals surface area contributed by atoms with Gasteiger partial charge in [0.2, 0.25) is 5.91 Å². The molecule has 1 atom stereocenters. The summed E-state index contributed by atoms with van der Waals surface area (Å²) < 4.78 is 41.2. The fraction of sp³-hybridized carbons (Fsp3) is 0.360. The molecule has 2 aromatic rings. The first-order chi connectivity index (χ1) is 16.7. The zero-order chi connectivity index (χ0) is 26.7. The van der Waals surface area contributed by atoms with Gasteiger partial charge in [-0.25, -0.2) is 9.98 Å². The van der Waals surface area contributed by atoms with Crippen LogP contribution in [0.3, 0.4) is 0 Å². The first kappa shape index (κ1) is 27.6. The average molecular weight is 611 g/mol. The second-order valence-electron chi connectivity index (χ2n) is 8.86. The highest BCUT2D eigenvalue weighted by atomic mass is 127. The van der Waals surface area contributed by atoms with Crippen LogP contribution in [-0.4, -0.2) is 36.5 Å². The van der Waals surface area contributed by atoms with Gasteiger partial charge in [-0.1, -0.05) is 48.4 Å². The molecule has 1 aliphatic heterocycles. The Morgan fingerprint density at radius 3 is 2.56 bits per heavy atom. The molecular formula is C25H25F3IN5O2. The maximum absolute atomic E-state index is 13.8. The van der Waals surface area contributed by atoms with Gasteiger partial charge >= 0.3 is 6.18 Å². The molecule has 36 heavy (non-hydrogen) atoms. The van der Waals surface area contributed by atoms with Gasteiger partial charge in [-0.05, 0) is 43.5 Å². The van der Waals surface area contributed by atoms with Crippen LogP contribution in [0.25, 0.3) is 5.70 Å². The lowest BCUT2D eigenvalue weighted by atomic mass is 10.0. The molecule has 0 saturated carbocycles. The van der Waals surface area contributed by atoms with Gasteiger partial charge < -0.3 is 15.7 Å². The fourth-order valence-electron chi connectivity index (χ4n) is 3.08. The van der Waals surface area contributed by atoms with Crippen molar-refractivity contribution in [3.8, 4) is 11.8 Å². The number of aliphatic hydroxyl groups excluding tert-OH is 1. The zero-order valence-corrected chi connectivity index (χ0v) is 22.2. The second-order valence-corrected chi connectivity index (χ2v) is 11.6. The topological polar surface area (TPSA) is 99.5 Å². The smallest absolute Gasteiger partial charge is 0.370 e. The standard InChI is InChI=1S/C25H25F3IN5O2/c1-14(2)23(36)32-11-15-5-6-18(25(26,27)28)17(9-15)22-33-19(10-21(35)34-22)20-13-30-16(12-31-20)7-8-24(3,4)29/h5-6,9-10,12-14,21,35H,11H2,1-4H3,(H,32,36)(H,33,34). The summed E-state index contributed by atoms with van der Waals surface area (Å²) in [5, 5.41) is 15.6. The van der Waals surface area contributed by atoms with E-state index in [4.69, 9.17) is 0 Å². The van der Waals surface area contributed by atoms with Gasteiger partial charge in [-0.15, -0.1) is 0 Å². The first-order valence-electron chi connectivity index (χ1n) is 11.0. The van der Waals surface area contributed by atoms with Crippen molar-refractivity contribution in [2.24, 2.45) is 10.9 Å². The molecule has 3 rings (SSSR count). The van der Waals surface area contributed by atoms with Gasteiger partial charge in [0, 0.05) is 18.0 Å². The number of nitrogens with one attached hydrogen (secondary N) is 2. The van der Waals surface area contributed by atoms with Crippen molar-refractivity contribution in [2.75, 3.05) is 0 Å². The fourth-order valence-corrected chi connectivity index (χ4v) is 3.21. The maximum Gasteiger partial charge on any atom is 0.417 e. The largest absolute Gasteiger partial charge is 0.417 e. The highest BCUT2D eigenvalue weighted by molar-refractivity contribution is 14.1. The highest BCUT2D eigenvalue weighted by Gasteiger charge is 2.35. The van der Waals surface area contributed by atoms with Crippen molar-refractivity contribution in [1.29, 1.82) is 0 Å². The molecule has 0 radical (unpaired) electrons. The molecule has 0 fully saturated rings. The number of carbonyl (C=O) groups excluding carboxylic acids is 1. The number of benzene rings is 1. The molecule has 1 aromatic heterocycles. The van der Waals surface area contributed by atoms with Crippen molar-refractivity contribution < 1.29 is 23.1 Å². The van der Waals surface area contributed by atoms with E-state index in [2.05, 4.69) is 60.0 Å². The van der Waals surface area contributed by atoms with E-state index in [1.165, 1.54) is 30.6 Å². The van der Waals surface area contributed by atoms with Gasteiger partial charge in [0.1, 0.15) is 23.5 Å². The van der Waals surface area contributed by atoms with Crippen molar-refractivity contribution in [3.05, 3.63) is 64.7 Å². The number of aliphatic hydroxyl groups is 1. The number of amides is 1. The Bertz CT molecular complexity index is 1250. The average Bonchev–Trinajstić information content (AvgIpc) is 2.79. The van der Waals surface area contributed by atoms with Crippen LogP contribution in [-0.2, 0) is 17.5 Å². The third-order valence-corrected chi connectivity index (χ3v) is 5.14. The summed E-state index contributed by atoms with van der Waals surface area (Å²) in [6, 6.07) is 3.52.